The monoisotopic (exact) mass is 1000 g/mol. The van der Waals surface area contributed by atoms with Gasteiger partial charge in [0.05, 0.1) is 67.1 Å². The van der Waals surface area contributed by atoms with Gasteiger partial charge in [-0.3, -0.25) is 0 Å². The van der Waals surface area contributed by atoms with Crippen molar-refractivity contribution in [1.29, 1.82) is 0 Å². The molecule has 0 unspecified atom stereocenters. The minimum absolute atomic E-state index is 0.571. The Morgan fingerprint density at radius 1 is 0.229 bits per heavy atom. The third-order valence-electron chi connectivity index (χ3n) is 11.4. The molecule has 2 aliphatic rings. The SMILES string of the molecule is Cn1c2ccc1c(-c1c(F)c(F)c(F)c(F)c1F)c1nc(c(-c3c(F)c(F)c(F)c(F)c3F)c3ccc(c(-c4c(F)c(F)c(F)c(F)c4F)c4nc(c2-c2c(F)c(F)c(F)c(F)c2F)C=C4)n3C)C=C1. The molecule has 358 valence electrons. The minimum atomic E-state index is -2.71. The van der Waals surface area contributed by atoms with E-state index in [1.165, 1.54) is 0 Å². The van der Waals surface area contributed by atoms with Crippen molar-refractivity contribution >= 4 is 46.4 Å². The molecule has 0 saturated carbocycles. The molecule has 9 rings (SSSR count). The fraction of sp³-hybridized carbons (Fsp3) is 0.0435. The van der Waals surface area contributed by atoms with Crippen LogP contribution in [0.5, 0.6) is 0 Å². The van der Waals surface area contributed by atoms with Crippen LogP contribution in [0.3, 0.4) is 0 Å². The molecular weight excluding hydrogens is 988 g/mol. The lowest BCUT2D eigenvalue weighted by atomic mass is 10.0. The number of benzene rings is 4. The van der Waals surface area contributed by atoms with E-state index in [2.05, 4.69) is 9.97 Å². The van der Waals surface area contributed by atoms with Crippen molar-refractivity contribution in [2.24, 2.45) is 14.1 Å². The normalized spacial score (nSPS) is 12.3. The third-order valence-corrected chi connectivity index (χ3v) is 11.4. The highest BCUT2D eigenvalue weighted by Gasteiger charge is 2.36. The second-order valence-corrected chi connectivity index (χ2v) is 15.0. The zero-order valence-electron chi connectivity index (χ0n) is 34.0. The van der Waals surface area contributed by atoms with Crippen molar-refractivity contribution in [2.75, 3.05) is 0 Å². The predicted molar refractivity (Wildman–Crippen MR) is 209 cm³/mol. The van der Waals surface area contributed by atoms with Crippen LogP contribution in [-0.2, 0) is 14.1 Å². The van der Waals surface area contributed by atoms with Gasteiger partial charge in [0.15, 0.2) is 93.1 Å². The Kier molecular flexibility index (Phi) is 11.0. The number of nitrogens with zero attached hydrogens (tertiary/aromatic N) is 4. The van der Waals surface area contributed by atoms with E-state index in [9.17, 15) is 17.6 Å². The van der Waals surface area contributed by atoms with Crippen molar-refractivity contribution < 1.29 is 87.8 Å². The maximum absolute atomic E-state index is 16.0. The van der Waals surface area contributed by atoms with E-state index < -0.39 is 206 Å². The van der Waals surface area contributed by atoms with Crippen LogP contribution in [0.15, 0.2) is 24.3 Å². The molecular formula is C46H14F20N4. The minimum Gasteiger partial charge on any atom is -0.343 e. The zero-order chi connectivity index (χ0) is 51.0. The van der Waals surface area contributed by atoms with Gasteiger partial charge in [0.25, 0.3) is 0 Å². The predicted octanol–water partition coefficient (Wildman–Crippen LogP) is 14.1. The molecule has 4 nitrogen and oxygen atoms in total. The van der Waals surface area contributed by atoms with Crippen LogP contribution in [-0.4, -0.2) is 19.1 Å². The molecule has 0 amide bonds. The number of hydrogen-bond acceptors (Lipinski definition) is 2. The summed E-state index contributed by atoms with van der Waals surface area (Å²) in [7, 11) is 1.62. The molecule has 7 aromatic rings. The molecule has 0 N–H and O–H groups in total. The highest BCUT2D eigenvalue weighted by Crippen LogP contribution is 2.45. The maximum Gasteiger partial charge on any atom is 0.200 e. The molecule has 0 aliphatic carbocycles. The van der Waals surface area contributed by atoms with Gasteiger partial charge in [0.1, 0.15) is 0 Å². The first-order chi connectivity index (χ1) is 32.9. The highest BCUT2D eigenvalue weighted by molar-refractivity contribution is 6.01. The number of rotatable bonds is 4. The van der Waals surface area contributed by atoms with Gasteiger partial charge in [0, 0.05) is 36.3 Å². The molecule has 0 saturated heterocycles. The third kappa shape index (κ3) is 6.47. The van der Waals surface area contributed by atoms with Crippen molar-refractivity contribution in [1.82, 2.24) is 19.1 Å². The van der Waals surface area contributed by atoms with Gasteiger partial charge < -0.3 is 9.13 Å². The highest BCUT2D eigenvalue weighted by atomic mass is 19.2. The topological polar surface area (TPSA) is 35.6 Å². The summed E-state index contributed by atoms with van der Waals surface area (Å²) >= 11 is 0. The molecule has 0 fully saturated rings. The van der Waals surface area contributed by atoms with Crippen molar-refractivity contribution in [3.8, 4) is 44.5 Å². The first kappa shape index (κ1) is 47.2. The van der Waals surface area contributed by atoms with Crippen LogP contribution in [0, 0.1) is 116 Å². The number of fused-ring (bicyclic) bond motifs is 8. The van der Waals surface area contributed by atoms with E-state index >= 15 is 70.2 Å². The van der Waals surface area contributed by atoms with Gasteiger partial charge in [0.2, 0.25) is 23.3 Å². The van der Waals surface area contributed by atoms with Crippen LogP contribution in [0.1, 0.15) is 22.8 Å². The molecule has 2 aliphatic heterocycles. The summed E-state index contributed by atoms with van der Waals surface area (Å²) in [4.78, 5) is 8.06. The molecule has 3 aromatic heterocycles. The van der Waals surface area contributed by atoms with Gasteiger partial charge in [-0.15, -0.1) is 0 Å². The summed E-state index contributed by atoms with van der Waals surface area (Å²) < 4.78 is 307. The lowest BCUT2D eigenvalue weighted by Gasteiger charge is -2.14. The molecule has 24 heteroatoms. The summed E-state index contributed by atoms with van der Waals surface area (Å²) in [6, 6.07) is 2.76. The zero-order valence-corrected chi connectivity index (χ0v) is 34.0. The quantitative estimate of drug-likeness (QED) is 0.100. The maximum atomic E-state index is 16.0. The first-order valence-corrected chi connectivity index (χ1v) is 19.1. The lowest BCUT2D eigenvalue weighted by Crippen LogP contribution is -2.07. The van der Waals surface area contributed by atoms with E-state index in [0.717, 1.165) is 14.1 Å². The summed E-state index contributed by atoms with van der Waals surface area (Å²) in [6.45, 7) is 0. The Balaban J connectivity index is 1.64. The average Bonchev–Trinajstić information content (AvgIpc) is 4.17. The van der Waals surface area contributed by atoms with Gasteiger partial charge >= 0.3 is 0 Å². The molecule has 0 atom stereocenters. The standard InChI is InChI=1S/C46H14F20N4/c1-69-15-7-8-16(69)20(24-29(49)37(57)44(64)38(58)30(24)50)12-4-6-14(68-12)22(26-33(53)41(61)46(66)42(62)34(26)54)18-10-9-17(70(18)2)21(25-31(51)39(59)45(65)40(60)32(25)52)13-5-3-11(67-13)19(15)23-27(47)35(55)43(63)36(56)28(23)48/h3-10H,1-2H3. The summed E-state index contributed by atoms with van der Waals surface area (Å²) in [5.41, 5.74) is -19.8. The number of aromatic nitrogens is 4. The van der Waals surface area contributed by atoms with Gasteiger partial charge in [-0.25, -0.2) is 97.8 Å². The summed E-state index contributed by atoms with van der Waals surface area (Å²) in [5.74, 6) is -52.4. The fourth-order valence-corrected chi connectivity index (χ4v) is 8.15. The van der Waals surface area contributed by atoms with E-state index in [1.807, 2.05) is 0 Å². The van der Waals surface area contributed by atoms with Gasteiger partial charge in [-0.2, -0.15) is 0 Å². The first-order valence-electron chi connectivity index (χ1n) is 19.1. The fourth-order valence-electron chi connectivity index (χ4n) is 8.15. The average molecular weight is 1000 g/mol. The summed E-state index contributed by atoms with van der Waals surface area (Å²) in [5, 5.41) is 0. The van der Waals surface area contributed by atoms with E-state index in [1.54, 1.807) is 0 Å². The molecule has 0 radical (unpaired) electrons. The smallest absolute Gasteiger partial charge is 0.200 e. The van der Waals surface area contributed by atoms with E-state index in [4.69, 9.17) is 0 Å². The molecule has 5 heterocycles. The lowest BCUT2D eigenvalue weighted by molar-refractivity contribution is 0.381. The molecule has 4 aromatic carbocycles. The van der Waals surface area contributed by atoms with Crippen molar-refractivity contribution in [3.05, 3.63) is 163 Å². The Labute approximate surface area is 374 Å². The van der Waals surface area contributed by atoms with Crippen LogP contribution < -0.4 is 0 Å². The van der Waals surface area contributed by atoms with Crippen LogP contribution >= 0.6 is 0 Å². The van der Waals surface area contributed by atoms with E-state index in [-0.39, 0.29) is 0 Å². The molecule has 8 bridgehead atoms. The Bertz CT molecular complexity index is 3220. The number of aryl methyl sites for hydroxylation is 2. The second-order valence-electron chi connectivity index (χ2n) is 15.0. The number of hydrogen-bond donors (Lipinski definition) is 0. The van der Waals surface area contributed by atoms with Gasteiger partial charge in [-0.05, 0) is 48.6 Å². The van der Waals surface area contributed by atoms with Crippen LogP contribution in [0.2, 0.25) is 0 Å². The Hall–Kier alpha value is -7.92. The summed E-state index contributed by atoms with van der Waals surface area (Å²) in [6.07, 6.45) is 2.54. The van der Waals surface area contributed by atoms with Crippen molar-refractivity contribution in [3.63, 3.8) is 0 Å². The second kappa shape index (κ2) is 16.4. The Morgan fingerprint density at radius 3 is 0.529 bits per heavy atom. The van der Waals surface area contributed by atoms with Crippen LogP contribution in [0.25, 0.3) is 90.9 Å². The largest absolute Gasteiger partial charge is 0.343 e. The van der Waals surface area contributed by atoms with Crippen LogP contribution in [0.4, 0.5) is 87.8 Å². The van der Waals surface area contributed by atoms with Crippen molar-refractivity contribution in [2.45, 2.75) is 0 Å². The molecule has 0 spiro atoms. The Morgan fingerprint density at radius 2 is 0.371 bits per heavy atom. The van der Waals surface area contributed by atoms with E-state index in [0.29, 0.717) is 57.7 Å². The van der Waals surface area contributed by atoms with Gasteiger partial charge in [-0.1, -0.05) is 0 Å². The number of halogens is 20. The molecule has 70 heavy (non-hydrogen) atoms.